The van der Waals surface area contributed by atoms with Gasteiger partial charge in [0.2, 0.25) is 0 Å². The van der Waals surface area contributed by atoms with Crippen molar-refractivity contribution in [3.05, 3.63) is 41.7 Å². The zero-order chi connectivity index (χ0) is 11.5. The Morgan fingerprint density at radius 3 is 2.33 bits per heavy atom. The van der Waals surface area contributed by atoms with Gasteiger partial charge in [0.05, 0.1) is 7.11 Å². The quantitative estimate of drug-likeness (QED) is 0.374. The van der Waals surface area contributed by atoms with E-state index in [9.17, 15) is 14.4 Å². The molecular formula is C11H8O4. The molecule has 0 spiro atoms. The molecule has 0 amide bonds. The molecule has 0 aliphatic rings. The topological polar surface area (TPSA) is 60.4 Å². The first kappa shape index (κ1) is 12.6. The molecule has 0 aromatic carbocycles. The first-order valence-corrected chi connectivity index (χ1v) is 3.88. The van der Waals surface area contributed by atoms with E-state index in [1.807, 2.05) is 0 Å². The fourth-order valence-corrected chi connectivity index (χ4v) is 0.715. The number of carbonyl (C=O) groups excluding carboxylic acids is 3. The Hall–Kier alpha value is -2.37. The zero-order valence-electron chi connectivity index (χ0n) is 8.02. The Morgan fingerprint density at radius 2 is 1.87 bits per heavy atom. The lowest BCUT2D eigenvalue weighted by molar-refractivity contribution is 0.303. The lowest BCUT2D eigenvalue weighted by Gasteiger charge is -2.00. The van der Waals surface area contributed by atoms with Crippen LogP contribution in [0.1, 0.15) is 0 Å². The van der Waals surface area contributed by atoms with E-state index in [0.29, 0.717) is 0 Å². The molecule has 0 N–H and O–H groups in total. The second-order valence-electron chi connectivity index (χ2n) is 2.18. The van der Waals surface area contributed by atoms with Gasteiger partial charge in [0, 0.05) is 12.2 Å². The summed E-state index contributed by atoms with van der Waals surface area (Å²) in [7, 11) is 1.34. The van der Waals surface area contributed by atoms with Gasteiger partial charge >= 0.3 is 0 Å². The standard InChI is InChI=1S/C11H8O4/c1-15-11(5-3-2-4-7-12)10(9-14)6-8-13/h2-6H,1H3. The van der Waals surface area contributed by atoms with Crippen molar-refractivity contribution in [3.8, 4) is 0 Å². The smallest absolute Gasteiger partial charge is 0.137 e. The molecule has 0 saturated carbocycles. The van der Waals surface area contributed by atoms with Crippen LogP contribution < -0.4 is 0 Å². The largest absolute Gasteiger partial charge is 0.495 e. The van der Waals surface area contributed by atoms with Crippen LogP contribution in [0.15, 0.2) is 41.7 Å². The molecule has 4 heteroatoms. The van der Waals surface area contributed by atoms with E-state index < -0.39 is 0 Å². The Kier molecular flexibility index (Phi) is 6.94. The molecule has 0 atom stereocenters. The highest BCUT2D eigenvalue weighted by molar-refractivity contribution is 5.71. The molecule has 0 bridgehead atoms. The van der Waals surface area contributed by atoms with Gasteiger partial charge in [-0.1, -0.05) is 12.2 Å². The predicted molar refractivity (Wildman–Crippen MR) is 54.0 cm³/mol. The summed E-state index contributed by atoms with van der Waals surface area (Å²) in [5.41, 5.74) is -0.0489. The molecule has 0 aromatic rings. The zero-order valence-corrected chi connectivity index (χ0v) is 8.02. The van der Waals surface area contributed by atoms with Crippen LogP contribution in [0.3, 0.4) is 0 Å². The molecule has 0 aliphatic heterocycles. The third-order valence-corrected chi connectivity index (χ3v) is 1.32. The number of ether oxygens (including phenoxy) is 1. The highest BCUT2D eigenvalue weighted by Crippen LogP contribution is 2.07. The normalized spacial score (nSPS) is 9.80. The maximum Gasteiger partial charge on any atom is 0.137 e. The summed E-state index contributed by atoms with van der Waals surface area (Å²) < 4.78 is 4.82. The van der Waals surface area contributed by atoms with Crippen molar-refractivity contribution in [1.29, 1.82) is 0 Å². The lowest BCUT2D eigenvalue weighted by atomic mass is 10.2. The first-order chi connectivity index (χ1) is 7.29. The minimum absolute atomic E-state index is 0.0489. The molecule has 0 unspecified atom stereocenters. The van der Waals surface area contributed by atoms with Gasteiger partial charge in [0.1, 0.15) is 29.2 Å². The van der Waals surface area contributed by atoms with E-state index in [2.05, 4.69) is 0 Å². The van der Waals surface area contributed by atoms with Crippen molar-refractivity contribution in [2.24, 2.45) is 0 Å². The summed E-state index contributed by atoms with van der Waals surface area (Å²) in [6, 6.07) is 0. The number of rotatable bonds is 5. The first-order valence-electron chi connectivity index (χ1n) is 3.88. The molecule has 0 aliphatic carbocycles. The van der Waals surface area contributed by atoms with Crippen LogP contribution in [0.5, 0.6) is 0 Å². The fraction of sp³-hybridized carbons (Fsp3) is 0.0909. The molecule has 0 radical (unpaired) electrons. The van der Waals surface area contributed by atoms with Crippen LogP contribution in [-0.4, -0.2) is 24.9 Å². The van der Waals surface area contributed by atoms with Crippen LogP contribution in [-0.2, 0) is 19.1 Å². The van der Waals surface area contributed by atoms with Crippen LogP contribution >= 0.6 is 0 Å². The predicted octanol–water partition coefficient (Wildman–Crippen LogP) is 0.606. The molecule has 0 saturated heterocycles. The van der Waals surface area contributed by atoms with Gasteiger partial charge in [0.15, 0.2) is 0 Å². The summed E-state index contributed by atoms with van der Waals surface area (Å²) in [5, 5.41) is 0. The highest BCUT2D eigenvalue weighted by atomic mass is 16.5. The third-order valence-electron chi connectivity index (χ3n) is 1.32. The van der Waals surface area contributed by atoms with E-state index >= 15 is 0 Å². The molecule has 0 fully saturated rings. The van der Waals surface area contributed by atoms with Gasteiger partial charge < -0.3 is 4.74 Å². The van der Waals surface area contributed by atoms with Crippen molar-refractivity contribution in [2.45, 2.75) is 0 Å². The van der Waals surface area contributed by atoms with Gasteiger partial charge in [0.25, 0.3) is 0 Å². The molecule has 4 nitrogen and oxygen atoms in total. The van der Waals surface area contributed by atoms with Crippen molar-refractivity contribution < 1.29 is 19.1 Å². The van der Waals surface area contributed by atoms with Crippen molar-refractivity contribution in [3.63, 3.8) is 0 Å². The van der Waals surface area contributed by atoms with Crippen LogP contribution in [0.4, 0.5) is 0 Å². The fourth-order valence-electron chi connectivity index (χ4n) is 0.715. The molecule has 0 rings (SSSR count). The van der Waals surface area contributed by atoms with Crippen molar-refractivity contribution >= 4 is 17.8 Å². The van der Waals surface area contributed by atoms with E-state index in [-0.39, 0.29) is 11.3 Å². The van der Waals surface area contributed by atoms with Gasteiger partial charge in [-0.15, -0.1) is 0 Å². The number of hydrogen-bond donors (Lipinski definition) is 0. The van der Waals surface area contributed by atoms with Crippen LogP contribution in [0, 0.1) is 0 Å². The van der Waals surface area contributed by atoms with Gasteiger partial charge in [-0.25, -0.2) is 14.4 Å². The Morgan fingerprint density at radius 1 is 1.13 bits per heavy atom. The minimum atomic E-state index is -0.0489. The van der Waals surface area contributed by atoms with Gasteiger partial charge in [-0.3, -0.25) is 0 Å². The SMILES string of the molecule is COC(=CC=CC=C=O)C(=C=O)C=C=O. The monoisotopic (exact) mass is 204 g/mol. The summed E-state index contributed by atoms with van der Waals surface area (Å²) in [6.07, 6.45) is 6.32. The second-order valence-corrected chi connectivity index (χ2v) is 2.18. The maximum absolute atomic E-state index is 10.4. The van der Waals surface area contributed by atoms with Gasteiger partial charge in [-0.05, 0) is 6.08 Å². The van der Waals surface area contributed by atoms with Crippen LogP contribution in [0.25, 0.3) is 0 Å². The van der Waals surface area contributed by atoms with Crippen LogP contribution in [0.2, 0.25) is 0 Å². The van der Waals surface area contributed by atoms with Gasteiger partial charge in [-0.2, -0.15) is 0 Å². The Bertz CT molecular complexity index is 410. The lowest BCUT2D eigenvalue weighted by Crippen LogP contribution is -1.90. The molecule has 0 aromatic heterocycles. The number of methoxy groups -OCH3 is 1. The Labute approximate surface area is 86.5 Å². The van der Waals surface area contributed by atoms with E-state index in [1.165, 1.54) is 37.2 Å². The molecule has 76 valence electrons. The summed E-state index contributed by atoms with van der Waals surface area (Å²) in [4.78, 5) is 30.2. The number of hydrogen-bond acceptors (Lipinski definition) is 4. The Balaban J connectivity index is 4.97. The van der Waals surface area contributed by atoms with E-state index in [4.69, 9.17) is 4.74 Å². The molecule has 15 heavy (non-hydrogen) atoms. The van der Waals surface area contributed by atoms with E-state index in [0.717, 1.165) is 12.2 Å². The number of allylic oxidation sites excluding steroid dienone is 5. The summed E-state index contributed by atoms with van der Waals surface area (Å²) in [5.74, 6) is 4.67. The van der Waals surface area contributed by atoms with Crippen molar-refractivity contribution in [1.82, 2.24) is 0 Å². The highest BCUT2D eigenvalue weighted by Gasteiger charge is 2.01. The van der Waals surface area contributed by atoms with Crippen molar-refractivity contribution in [2.75, 3.05) is 7.11 Å². The maximum atomic E-state index is 10.4. The third kappa shape index (κ3) is 5.04. The summed E-state index contributed by atoms with van der Waals surface area (Å²) >= 11 is 0. The average molecular weight is 204 g/mol. The average Bonchev–Trinajstić information content (AvgIpc) is 2.27. The van der Waals surface area contributed by atoms with E-state index in [1.54, 1.807) is 5.94 Å². The summed E-state index contributed by atoms with van der Waals surface area (Å²) in [6.45, 7) is 0. The minimum Gasteiger partial charge on any atom is -0.495 e. The second kappa shape index (κ2) is 8.24. The molecule has 0 heterocycles. The molecular weight excluding hydrogens is 196 g/mol.